The molecule has 12 nitrogen and oxygen atoms in total. The highest BCUT2D eigenvalue weighted by molar-refractivity contribution is 5.79. The third-order valence-electron chi connectivity index (χ3n) is 1.44. The summed E-state index contributed by atoms with van der Waals surface area (Å²) in [5.41, 5.74) is 4.78. The van der Waals surface area contributed by atoms with E-state index in [0.29, 0.717) is 6.54 Å². The number of aliphatic carboxylic acids is 4. The molecule has 0 aromatic rings. The minimum Gasteiger partial charge on any atom is -0.481 e. The van der Waals surface area contributed by atoms with Gasteiger partial charge in [-0.05, 0) is 0 Å². The van der Waals surface area contributed by atoms with Crippen molar-refractivity contribution < 1.29 is 54.9 Å². The van der Waals surface area contributed by atoms with Gasteiger partial charge in [-0.2, -0.15) is 0 Å². The van der Waals surface area contributed by atoms with Gasteiger partial charge in [0.25, 0.3) is 0 Å². The average Bonchev–Trinajstić information content (AvgIpc) is 2.38. The Hall–Kier alpha value is -2.28. The van der Waals surface area contributed by atoms with Gasteiger partial charge in [0.1, 0.15) is 0 Å². The number of hydrogen-bond acceptors (Lipinski definition) is 8. The molecule has 9 N–H and O–H groups in total. The number of carboxylic acid groups (broad SMARTS) is 4. The molecule has 0 amide bonds. The summed E-state index contributed by atoms with van der Waals surface area (Å²) < 4.78 is 0. The summed E-state index contributed by atoms with van der Waals surface area (Å²) in [6, 6.07) is 0. The third-order valence-corrected chi connectivity index (χ3v) is 1.44. The number of nitrogens with two attached hydrogens (primary N) is 1. The molecular formula is C10H19NO11. The standard InChI is InChI=1S/2C4H6O5.C2H7NO/c2*5-2(4(8)9)1-3(6)7;3-1-2-4/h2*2,5H,1H2,(H,6,7)(H,8,9);4H,1-3H2. The summed E-state index contributed by atoms with van der Waals surface area (Å²) in [5.74, 6) is -5.69. The molecule has 0 spiro atoms. The zero-order valence-corrected chi connectivity index (χ0v) is 11.3. The molecular weight excluding hydrogens is 310 g/mol. The molecule has 0 heterocycles. The zero-order chi connectivity index (χ0) is 18.3. The summed E-state index contributed by atoms with van der Waals surface area (Å²) >= 11 is 0. The molecule has 22 heavy (non-hydrogen) atoms. The molecule has 0 fully saturated rings. The quantitative estimate of drug-likeness (QED) is 0.230. The van der Waals surface area contributed by atoms with Gasteiger partial charge in [0, 0.05) is 6.54 Å². The SMILES string of the molecule is NCCO.O=C(O)CC(O)C(=O)O.O=C(O)CC(O)C(=O)O. The lowest BCUT2D eigenvalue weighted by Crippen LogP contribution is -2.22. The van der Waals surface area contributed by atoms with Crippen molar-refractivity contribution in [3.8, 4) is 0 Å². The van der Waals surface area contributed by atoms with Crippen LogP contribution in [0.2, 0.25) is 0 Å². The molecule has 0 aliphatic heterocycles. The Labute approximate surface area is 124 Å². The molecule has 0 saturated carbocycles. The van der Waals surface area contributed by atoms with Crippen LogP contribution >= 0.6 is 0 Å². The topological polar surface area (TPSA) is 236 Å². The summed E-state index contributed by atoms with van der Waals surface area (Å²) in [4.78, 5) is 38.8. The number of aliphatic hydroxyl groups excluding tert-OH is 3. The molecule has 130 valence electrons. The van der Waals surface area contributed by atoms with Gasteiger partial charge in [-0.3, -0.25) is 9.59 Å². The van der Waals surface area contributed by atoms with Crippen LogP contribution < -0.4 is 5.73 Å². The second-order valence-electron chi connectivity index (χ2n) is 3.42. The van der Waals surface area contributed by atoms with Gasteiger partial charge >= 0.3 is 23.9 Å². The van der Waals surface area contributed by atoms with Gasteiger partial charge in [-0.15, -0.1) is 0 Å². The monoisotopic (exact) mass is 329 g/mol. The Kier molecular flexibility index (Phi) is 17.0. The van der Waals surface area contributed by atoms with Crippen LogP contribution in [-0.2, 0) is 19.2 Å². The van der Waals surface area contributed by atoms with E-state index >= 15 is 0 Å². The maximum atomic E-state index is 9.72. The van der Waals surface area contributed by atoms with Crippen LogP contribution in [0.4, 0.5) is 0 Å². The van der Waals surface area contributed by atoms with E-state index in [2.05, 4.69) is 0 Å². The van der Waals surface area contributed by atoms with E-state index in [-0.39, 0.29) is 6.61 Å². The first-order valence-electron chi connectivity index (χ1n) is 5.55. The van der Waals surface area contributed by atoms with Gasteiger partial charge < -0.3 is 41.5 Å². The van der Waals surface area contributed by atoms with Crippen LogP contribution in [0.1, 0.15) is 12.8 Å². The van der Waals surface area contributed by atoms with E-state index < -0.39 is 48.9 Å². The fourth-order valence-electron chi connectivity index (χ4n) is 0.505. The van der Waals surface area contributed by atoms with Crippen LogP contribution in [0.5, 0.6) is 0 Å². The molecule has 0 rings (SSSR count). The molecule has 2 unspecified atom stereocenters. The molecule has 0 radical (unpaired) electrons. The maximum absolute atomic E-state index is 9.72. The lowest BCUT2D eigenvalue weighted by atomic mass is 10.3. The first kappa shape index (κ1) is 24.7. The van der Waals surface area contributed by atoms with Gasteiger partial charge in [0.2, 0.25) is 0 Å². The Bertz CT molecular complexity index is 323. The van der Waals surface area contributed by atoms with Crippen LogP contribution in [0.3, 0.4) is 0 Å². The predicted molar refractivity (Wildman–Crippen MR) is 67.9 cm³/mol. The number of rotatable bonds is 7. The van der Waals surface area contributed by atoms with Crippen molar-refractivity contribution >= 4 is 23.9 Å². The molecule has 0 aromatic carbocycles. The van der Waals surface area contributed by atoms with E-state index in [1.807, 2.05) is 0 Å². The minimum atomic E-state index is -1.79. The normalized spacial score (nSPS) is 11.6. The van der Waals surface area contributed by atoms with E-state index in [9.17, 15) is 19.2 Å². The van der Waals surface area contributed by atoms with Crippen LogP contribution in [0.25, 0.3) is 0 Å². The van der Waals surface area contributed by atoms with Crippen LogP contribution in [0.15, 0.2) is 0 Å². The molecule has 2 atom stereocenters. The van der Waals surface area contributed by atoms with E-state index in [0.717, 1.165) is 0 Å². The summed E-state index contributed by atoms with van der Waals surface area (Å²) in [5, 5.41) is 56.0. The number of hydrogen-bond donors (Lipinski definition) is 8. The van der Waals surface area contributed by atoms with Crippen LogP contribution in [-0.4, -0.2) is 85.0 Å². The number of carbonyl (C=O) groups is 4. The number of carboxylic acids is 4. The van der Waals surface area contributed by atoms with Crippen molar-refractivity contribution in [2.24, 2.45) is 5.73 Å². The predicted octanol–water partition coefficient (Wildman–Crippen LogP) is -3.25. The summed E-state index contributed by atoms with van der Waals surface area (Å²) in [6.45, 7) is 0.472. The molecule has 0 aromatic heterocycles. The molecule has 0 aliphatic rings. The van der Waals surface area contributed by atoms with E-state index in [1.165, 1.54) is 0 Å². The molecule has 12 heteroatoms. The second-order valence-corrected chi connectivity index (χ2v) is 3.42. The fourth-order valence-corrected chi connectivity index (χ4v) is 0.505. The first-order chi connectivity index (χ1) is 9.99. The Morgan fingerprint density at radius 2 is 1.00 bits per heavy atom. The van der Waals surface area contributed by atoms with Crippen molar-refractivity contribution in [2.75, 3.05) is 13.2 Å². The van der Waals surface area contributed by atoms with Crippen molar-refractivity contribution in [1.82, 2.24) is 0 Å². The molecule has 0 aliphatic carbocycles. The number of aliphatic hydroxyl groups is 3. The van der Waals surface area contributed by atoms with Crippen molar-refractivity contribution in [3.63, 3.8) is 0 Å². The zero-order valence-electron chi connectivity index (χ0n) is 11.3. The van der Waals surface area contributed by atoms with Crippen molar-refractivity contribution in [1.29, 1.82) is 0 Å². The highest BCUT2D eigenvalue weighted by atomic mass is 16.4. The molecule has 0 saturated heterocycles. The first-order valence-corrected chi connectivity index (χ1v) is 5.55. The summed E-state index contributed by atoms with van der Waals surface area (Å²) in [7, 11) is 0. The Balaban J connectivity index is -0.000000266. The van der Waals surface area contributed by atoms with Gasteiger partial charge in [0.15, 0.2) is 12.2 Å². The van der Waals surface area contributed by atoms with Gasteiger partial charge in [-0.1, -0.05) is 0 Å². The lowest BCUT2D eigenvalue weighted by Gasteiger charge is -1.97. The largest absolute Gasteiger partial charge is 0.481 e. The van der Waals surface area contributed by atoms with Gasteiger partial charge in [0.05, 0.1) is 19.4 Å². The Morgan fingerprint density at radius 3 is 1.05 bits per heavy atom. The maximum Gasteiger partial charge on any atom is 0.333 e. The Morgan fingerprint density at radius 1 is 0.773 bits per heavy atom. The third kappa shape index (κ3) is 22.9. The highest BCUT2D eigenvalue weighted by Gasteiger charge is 2.16. The van der Waals surface area contributed by atoms with Crippen LogP contribution in [0, 0.1) is 0 Å². The van der Waals surface area contributed by atoms with E-state index in [4.69, 9.17) is 41.5 Å². The smallest absolute Gasteiger partial charge is 0.333 e. The minimum absolute atomic E-state index is 0.0972. The fraction of sp³-hybridized carbons (Fsp3) is 0.600. The van der Waals surface area contributed by atoms with Crippen molar-refractivity contribution in [2.45, 2.75) is 25.0 Å². The van der Waals surface area contributed by atoms with Gasteiger partial charge in [-0.25, -0.2) is 9.59 Å². The second kappa shape index (κ2) is 15.1. The van der Waals surface area contributed by atoms with E-state index in [1.54, 1.807) is 0 Å². The lowest BCUT2D eigenvalue weighted by molar-refractivity contribution is -0.153. The highest BCUT2D eigenvalue weighted by Crippen LogP contribution is 1.90. The van der Waals surface area contributed by atoms with Crippen molar-refractivity contribution in [3.05, 3.63) is 0 Å². The summed E-state index contributed by atoms with van der Waals surface area (Å²) in [6.07, 6.45) is -5.09. The molecule has 0 bridgehead atoms. The average molecular weight is 329 g/mol.